The van der Waals surface area contributed by atoms with Crippen molar-refractivity contribution >= 4 is 11.7 Å². The average molecular weight is 621 g/mol. The van der Waals surface area contributed by atoms with Crippen LogP contribution in [-0.4, -0.2) is 88.2 Å². The number of amides is 1. The van der Waals surface area contributed by atoms with Crippen molar-refractivity contribution in [2.45, 2.75) is 31.7 Å². The molecule has 0 bridgehead atoms. The Morgan fingerprint density at radius 1 is 1.09 bits per heavy atom. The number of likely N-dealkylation sites (tertiary alicyclic amines) is 1. The van der Waals surface area contributed by atoms with Gasteiger partial charge in [-0.2, -0.15) is 10.2 Å². The van der Waals surface area contributed by atoms with Crippen LogP contribution >= 0.6 is 0 Å². The van der Waals surface area contributed by atoms with Gasteiger partial charge in [0.1, 0.15) is 11.8 Å². The molecule has 0 spiro atoms. The Morgan fingerprint density at radius 2 is 1.84 bits per heavy atom. The topological polar surface area (TPSA) is 94.7 Å². The molecule has 1 aliphatic rings. The van der Waals surface area contributed by atoms with Gasteiger partial charge in [0, 0.05) is 64.8 Å². The second-order valence-electron chi connectivity index (χ2n) is 11.5. The molecule has 238 valence electrons. The summed E-state index contributed by atoms with van der Waals surface area (Å²) in [6, 6.07) is 12.8. The van der Waals surface area contributed by atoms with Crippen LogP contribution in [0.1, 0.15) is 29.2 Å². The predicted molar refractivity (Wildman–Crippen MR) is 163 cm³/mol. The van der Waals surface area contributed by atoms with Gasteiger partial charge in [0.2, 0.25) is 0 Å². The Morgan fingerprint density at radius 3 is 2.49 bits per heavy atom. The highest BCUT2D eigenvalue weighted by Crippen LogP contribution is 2.37. The molecule has 45 heavy (non-hydrogen) atoms. The van der Waals surface area contributed by atoms with Crippen molar-refractivity contribution in [2.75, 3.05) is 41.0 Å². The van der Waals surface area contributed by atoms with Gasteiger partial charge < -0.3 is 4.74 Å². The quantitative estimate of drug-likeness (QED) is 0.220. The average Bonchev–Trinajstić information content (AvgIpc) is 3.74. The lowest BCUT2D eigenvalue weighted by Crippen LogP contribution is -2.49. The number of halogens is 2. The fraction of sp³-hybridized carbons (Fsp3) is 0.394. The molecule has 3 heterocycles. The second-order valence-corrected chi connectivity index (χ2v) is 11.5. The number of hydroxylamine groups is 2. The van der Waals surface area contributed by atoms with E-state index in [0.29, 0.717) is 18.7 Å². The summed E-state index contributed by atoms with van der Waals surface area (Å²) in [7, 11) is 6.27. The van der Waals surface area contributed by atoms with Crippen molar-refractivity contribution in [3.05, 3.63) is 89.4 Å². The van der Waals surface area contributed by atoms with E-state index in [1.807, 2.05) is 55.4 Å². The third-order valence-electron chi connectivity index (χ3n) is 8.55. The molecule has 0 radical (unpaired) electrons. The molecule has 1 aliphatic heterocycles. The van der Waals surface area contributed by atoms with Crippen molar-refractivity contribution in [1.82, 2.24) is 29.5 Å². The molecule has 4 aromatic rings. The van der Waals surface area contributed by atoms with Crippen LogP contribution in [0.15, 0.2) is 60.9 Å². The van der Waals surface area contributed by atoms with Gasteiger partial charge in [-0.1, -0.05) is 24.3 Å². The van der Waals surface area contributed by atoms with E-state index in [0.717, 1.165) is 39.3 Å². The third-order valence-corrected chi connectivity index (χ3v) is 8.55. The van der Waals surface area contributed by atoms with E-state index in [9.17, 15) is 18.4 Å². The van der Waals surface area contributed by atoms with E-state index in [-0.39, 0.29) is 43.0 Å². The number of para-hydroxylation sites is 1. The van der Waals surface area contributed by atoms with Gasteiger partial charge >= 0.3 is 0 Å². The maximum Gasteiger partial charge on any atom is 0.265 e. The van der Waals surface area contributed by atoms with Crippen molar-refractivity contribution in [3.63, 3.8) is 0 Å². The number of nitrogens with zero attached hydrogens (tertiary/aromatic N) is 6. The summed E-state index contributed by atoms with van der Waals surface area (Å²) < 4.78 is 37.2. The lowest BCUT2D eigenvalue weighted by molar-refractivity contribution is -0.176. The van der Waals surface area contributed by atoms with E-state index in [4.69, 9.17) is 14.7 Å². The van der Waals surface area contributed by atoms with E-state index < -0.39 is 17.7 Å². The molecule has 0 saturated carbocycles. The number of Topliss-reactive ketones (excluding diaryl/α,β-unsaturated/α-hetero) is 1. The summed E-state index contributed by atoms with van der Waals surface area (Å²) in [5.41, 5.74) is 4.62. The number of carbonyl (C=O) groups excluding carboxylic acids is 2. The maximum absolute atomic E-state index is 14.4. The number of hydrogen-bond donors (Lipinski definition) is 0. The molecule has 3 atom stereocenters. The minimum absolute atomic E-state index is 0.0315. The Kier molecular flexibility index (Phi) is 9.86. The number of likely N-dealkylation sites (N-methyl/N-ethyl adjacent to an activating group) is 1. The molecule has 2 aromatic heterocycles. The fourth-order valence-electron chi connectivity index (χ4n) is 6.17. The molecule has 1 amide bonds. The zero-order valence-electron chi connectivity index (χ0n) is 26.1. The van der Waals surface area contributed by atoms with Crippen LogP contribution < -0.4 is 0 Å². The van der Waals surface area contributed by atoms with E-state index >= 15 is 0 Å². The number of ether oxygens (including phenoxy) is 1. The smallest absolute Gasteiger partial charge is 0.265 e. The summed E-state index contributed by atoms with van der Waals surface area (Å²) in [5, 5.41) is 10.3. The first-order valence-electron chi connectivity index (χ1n) is 14.8. The Labute approximate surface area is 261 Å². The number of aromatic nitrogens is 4. The molecule has 1 saturated heterocycles. The van der Waals surface area contributed by atoms with Crippen LogP contribution in [0.2, 0.25) is 0 Å². The molecule has 1 unspecified atom stereocenters. The molecule has 2 aromatic carbocycles. The van der Waals surface area contributed by atoms with E-state index in [1.54, 1.807) is 21.6 Å². The largest absolute Gasteiger partial charge is 0.383 e. The van der Waals surface area contributed by atoms with Crippen LogP contribution in [0.25, 0.3) is 16.9 Å². The predicted octanol–water partition coefficient (Wildman–Crippen LogP) is 4.11. The van der Waals surface area contributed by atoms with Crippen molar-refractivity contribution in [1.29, 1.82) is 0 Å². The maximum atomic E-state index is 14.4. The Balaban J connectivity index is 1.45. The zero-order valence-corrected chi connectivity index (χ0v) is 26.1. The molecule has 12 heteroatoms. The number of rotatable bonds is 12. The number of benzene rings is 2. The van der Waals surface area contributed by atoms with Gasteiger partial charge in [-0.25, -0.2) is 18.5 Å². The first-order chi connectivity index (χ1) is 21.6. The Bertz CT molecular complexity index is 1660. The molecular formula is C33H38F2N6O4. The van der Waals surface area contributed by atoms with E-state index in [1.165, 1.54) is 27.3 Å². The molecule has 5 rings (SSSR count). The molecule has 0 aliphatic carbocycles. The Hall–Kier alpha value is -4.26. The van der Waals surface area contributed by atoms with Crippen LogP contribution in [-0.2, 0) is 32.6 Å². The van der Waals surface area contributed by atoms with Crippen LogP contribution in [0.4, 0.5) is 8.78 Å². The number of methoxy groups -OCH3 is 1. The number of aryl methyl sites for hydroxylation is 1. The summed E-state index contributed by atoms with van der Waals surface area (Å²) >= 11 is 0. The summed E-state index contributed by atoms with van der Waals surface area (Å²) in [4.78, 5) is 34.2. The lowest BCUT2D eigenvalue weighted by Gasteiger charge is -2.29. The first kappa shape index (κ1) is 32.1. The summed E-state index contributed by atoms with van der Waals surface area (Å²) in [5.74, 6) is -2.82. The van der Waals surface area contributed by atoms with Crippen LogP contribution in [0, 0.1) is 24.5 Å². The minimum atomic E-state index is -0.954. The molecule has 0 N–H and O–H groups in total. The number of carbonyl (C=O) groups is 2. The monoisotopic (exact) mass is 620 g/mol. The van der Waals surface area contributed by atoms with Crippen LogP contribution in [0.3, 0.4) is 0 Å². The van der Waals surface area contributed by atoms with Crippen molar-refractivity contribution < 1.29 is 27.9 Å². The molecule has 1 fully saturated rings. The van der Waals surface area contributed by atoms with Gasteiger partial charge in [0.05, 0.1) is 37.0 Å². The van der Waals surface area contributed by atoms with E-state index in [2.05, 4.69) is 5.10 Å². The standard InChI is InChI=1S/C33H38F2N6O4/c1-21-30(41(25-9-7-6-8-10-25)37-32(21)24-16-36-38(2)17-24)15-26(42)13-23-18-40(31(20-44-4)33(43)39(3)45-5)19-27(23)22-11-12-28(34)29(35)14-22/h6-12,14,16-17,23,27,31H,13,15,18-20H2,1-5H3/t23-,27+,31?/m1/s1. The minimum Gasteiger partial charge on any atom is -0.383 e. The summed E-state index contributed by atoms with van der Waals surface area (Å²) in [6.45, 7) is 2.79. The molecular weight excluding hydrogens is 582 g/mol. The molecule has 10 nitrogen and oxygen atoms in total. The lowest BCUT2D eigenvalue weighted by atomic mass is 9.85. The van der Waals surface area contributed by atoms with Crippen molar-refractivity contribution in [3.8, 4) is 16.9 Å². The van der Waals surface area contributed by atoms with Gasteiger partial charge in [-0.15, -0.1) is 0 Å². The zero-order chi connectivity index (χ0) is 32.2. The highest BCUT2D eigenvalue weighted by Gasteiger charge is 2.41. The van der Waals surface area contributed by atoms with Crippen LogP contribution in [0.5, 0.6) is 0 Å². The third kappa shape index (κ3) is 6.87. The number of ketones is 1. The highest BCUT2D eigenvalue weighted by molar-refractivity contribution is 5.83. The van der Waals surface area contributed by atoms with Gasteiger partial charge in [0.25, 0.3) is 5.91 Å². The van der Waals surface area contributed by atoms with Gasteiger partial charge in [-0.05, 0) is 48.2 Å². The van der Waals surface area contributed by atoms with Gasteiger partial charge in [0.15, 0.2) is 11.6 Å². The second kappa shape index (κ2) is 13.8. The SMILES string of the molecule is COCC(C(=O)N(C)OC)N1C[C@@H](CC(=O)Cc2c(C)c(-c3cnn(C)c3)nn2-c2ccccc2)[C@H](c2ccc(F)c(F)c2)C1. The highest BCUT2D eigenvalue weighted by atomic mass is 19.2. The summed E-state index contributed by atoms with van der Waals surface area (Å²) in [6.07, 6.45) is 3.90. The van der Waals surface area contributed by atoms with Gasteiger partial charge in [-0.3, -0.25) is 24.0 Å². The first-order valence-corrected chi connectivity index (χ1v) is 14.8. The van der Waals surface area contributed by atoms with Crippen molar-refractivity contribution in [2.24, 2.45) is 13.0 Å². The number of hydrogen-bond acceptors (Lipinski definition) is 7. The normalized spacial score (nSPS) is 17.5. The fourth-order valence-corrected chi connectivity index (χ4v) is 6.17.